The van der Waals surface area contributed by atoms with Crippen LogP contribution in [0.2, 0.25) is 0 Å². The summed E-state index contributed by atoms with van der Waals surface area (Å²) in [4.78, 5) is 47.9. The van der Waals surface area contributed by atoms with Crippen LogP contribution < -0.4 is 10.6 Å². The van der Waals surface area contributed by atoms with Crippen molar-refractivity contribution < 1.29 is 38.1 Å². The zero-order valence-corrected chi connectivity index (χ0v) is 25.0. The van der Waals surface area contributed by atoms with E-state index in [0.717, 1.165) is 6.42 Å². The zero-order chi connectivity index (χ0) is 30.1. The molecule has 0 aliphatic carbocycles. The lowest BCUT2D eigenvalue weighted by atomic mass is 9.60. The molecular weight excluding hydrogens is 504 g/mol. The van der Waals surface area contributed by atoms with E-state index in [1.165, 1.54) is 0 Å². The molecule has 2 N–H and O–H groups in total. The SMILES string of the molecule is C=C(C)C(=O)OCCCC(CCCNC(=O)OCC)C(C)(CCCOC(=O)C(=C)C)C(C)(C)NC(=O)OCC. The van der Waals surface area contributed by atoms with Crippen LogP contribution in [0.3, 0.4) is 0 Å². The monoisotopic (exact) mass is 554 g/mol. The Labute approximate surface area is 234 Å². The van der Waals surface area contributed by atoms with Gasteiger partial charge in [0.2, 0.25) is 0 Å². The van der Waals surface area contributed by atoms with Crippen LogP contribution in [0.1, 0.15) is 87.0 Å². The summed E-state index contributed by atoms with van der Waals surface area (Å²) in [6.45, 7) is 21.3. The molecule has 10 nitrogen and oxygen atoms in total. The summed E-state index contributed by atoms with van der Waals surface area (Å²) in [5, 5.41) is 5.78. The number of amides is 2. The number of esters is 2. The molecule has 2 atom stereocenters. The molecule has 0 aromatic rings. The predicted molar refractivity (Wildman–Crippen MR) is 150 cm³/mol. The van der Waals surface area contributed by atoms with Gasteiger partial charge in [-0.3, -0.25) is 0 Å². The minimum Gasteiger partial charge on any atom is -0.462 e. The maximum atomic E-state index is 12.5. The zero-order valence-electron chi connectivity index (χ0n) is 25.0. The second-order valence-electron chi connectivity index (χ2n) is 10.5. The number of rotatable bonds is 19. The highest BCUT2D eigenvalue weighted by Crippen LogP contribution is 2.47. The number of alkyl carbamates (subject to hydrolysis) is 2. The summed E-state index contributed by atoms with van der Waals surface area (Å²) in [5.74, 6) is -0.836. The van der Waals surface area contributed by atoms with Gasteiger partial charge in [0.1, 0.15) is 0 Å². The third-order valence-electron chi connectivity index (χ3n) is 6.99. The molecule has 0 heterocycles. The third kappa shape index (κ3) is 13.5. The number of carbonyl (C=O) groups excluding carboxylic acids is 4. The Morgan fingerprint density at radius 3 is 1.74 bits per heavy atom. The van der Waals surface area contributed by atoms with E-state index in [9.17, 15) is 19.2 Å². The van der Waals surface area contributed by atoms with E-state index in [-0.39, 0.29) is 25.7 Å². The van der Waals surface area contributed by atoms with Crippen LogP contribution in [0.4, 0.5) is 9.59 Å². The fraction of sp³-hybridized carbons (Fsp3) is 0.724. The van der Waals surface area contributed by atoms with Crippen LogP contribution in [0, 0.1) is 11.3 Å². The lowest BCUT2D eigenvalue weighted by Gasteiger charge is -2.50. The number of hydrogen-bond donors (Lipinski definition) is 2. The molecule has 0 spiro atoms. The number of carbonyl (C=O) groups is 4. The molecule has 0 bridgehead atoms. The highest BCUT2D eigenvalue weighted by atomic mass is 16.6. The Morgan fingerprint density at radius 1 is 0.744 bits per heavy atom. The Hall–Kier alpha value is -3.04. The first kappa shape index (κ1) is 36.0. The van der Waals surface area contributed by atoms with E-state index in [1.54, 1.807) is 27.7 Å². The first-order valence-electron chi connectivity index (χ1n) is 13.7. The van der Waals surface area contributed by atoms with Crippen LogP contribution in [-0.4, -0.2) is 62.6 Å². The Morgan fingerprint density at radius 2 is 1.23 bits per heavy atom. The minimum atomic E-state index is -0.717. The lowest BCUT2D eigenvalue weighted by molar-refractivity contribution is -0.140. The van der Waals surface area contributed by atoms with Crippen LogP contribution >= 0.6 is 0 Å². The van der Waals surface area contributed by atoms with Gasteiger partial charge in [-0.1, -0.05) is 20.1 Å². The number of nitrogens with one attached hydrogen (secondary N) is 2. The van der Waals surface area contributed by atoms with Crippen LogP contribution in [-0.2, 0) is 28.5 Å². The first-order valence-corrected chi connectivity index (χ1v) is 13.7. The quantitative estimate of drug-likeness (QED) is 0.0932. The van der Waals surface area contributed by atoms with Crippen molar-refractivity contribution in [2.45, 2.75) is 92.5 Å². The summed E-state index contributed by atoms with van der Waals surface area (Å²) < 4.78 is 20.8. The average molecular weight is 555 g/mol. The largest absolute Gasteiger partial charge is 0.462 e. The van der Waals surface area contributed by atoms with Gasteiger partial charge < -0.3 is 29.6 Å². The van der Waals surface area contributed by atoms with Crippen molar-refractivity contribution in [3.63, 3.8) is 0 Å². The van der Waals surface area contributed by atoms with Crippen molar-refractivity contribution in [2.75, 3.05) is 33.0 Å². The standard InChI is InChI=1S/C29H50N2O8/c1-10-36-26(34)30-18-12-15-23(16-13-19-38-24(32)21(3)4)29(9,17-14-20-39-25(33)22(5)6)28(7,8)31-27(35)37-11-2/h23H,3,5,10-20H2,1-2,4,6-9H3,(H,30,34)(H,31,35). The Bertz CT molecular complexity index is 839. The number of hydrogen-bond acceptors (Lipinski definition) is 8. The van der Waals surface area contributed by atoms with Crippen molar-refractivity contribution in [3.8, 4) is 0 Å². The van der Waals surface area contributed by atoms with Gasteiger partial charge in [-0.05, 0) is 91.4 Å². The molecule has 224 valence electrons. The van der Waals surface area contributed by atoms with Gasteiger partial charge in [0, 0.05) is 23.2 Å². The lowest BCUT2D eigenvalue weighted by Crippen LogP contribution is -2.58. The first-order chi connectivity index (χ1) is 18.2. The summed E-state index contributed by atoms with van der Waals surface area (Å²) in [6, 6.07) is 0. The number of ether oxygens (including phenoxy) is 4. The van der Waals surface area contributed by atoms with E-state index < -0.39 is 35.1 Å². The highest BCUT2D eigenvalue weighted by molar-refractivity contribution is 5.87. The van der Waals surface area contributed by atoms with Crippen LogP contribution in [0.25, 0.3) is 0 Å². The molecule has 10 heteroatoms. The Balaban J connectivity index is 5.83. The topological polar surface area (TPSA) is 129 Å². The van der Waals surface area contributed by atoms with Crippen molar-refractivity contribution in [1.82, 2.24) is 10.6 Å². The Kier molecular flexibility index (Phi) is 16.9. The van der Waals surface area contributed by atoms with E-state index in [2.05, 4.69) is 30.7 Å². The molecular formula is C29H50N2O8. The molecule has 0 aliphatic heterocycles. The molecule has 0 aromatic carbocycles. The fourth-order valence-electron chi connectivity index (χ4n) is 4.44. The maximum Gasteiger partial charge on any atom is 0.407 e. The molecule has 0 saturated heterocycles. The smallest absolute Gasteiger partial charge is 0.407 e. The van der Waals surface area contributed by atoms with Gasteiger partial charge in [0.05, 0.1) is 26.4 Å². The van der Waals surface area contributed by atoms with Gasteiger partial charge in [-0.15, -0.1) is 0 Å². The second kappa shape index (κ2) is 18.3. The van der Waals surface area contributed by atoms with E-state index in [4.69, 9.17) is 18.9 Å². The molecule has 0 fully saturated rings. The van der Waals surface area contributed by atoms with E-state index in [1.807, 2.05) is 13.8 Å². The van der Waals surface area contributed by atoms with Crippen molar-refractivity contribution in [2.24, 2.45) is 11.3 Å². The molecule has 2 amide bonds. The molecule has 0 aromatic heterocycles. The normalized spacial score (nSPS) is 13.3. The summed E-state index contributed by atoms with van der Waals surface area (Å²) in [5.41, 5.74) is -0.535. The average Bonchev–Trinajstić information content (AvgIpc) is 2.84. The maximum absolute atomic E-state index is 12.5. The third-order valence-corrected chi connectivity index (χ3v) is 6.99. The van der Waals surface area contributed by atoms with Crippen LogP contribution in [0.15, 0.2) is 24.3 Å². The predicted octanol–water partition coefficient (Wildman–Crippen LogP) is 5.46. The molecule has 0 rings (SSSR count). The minimum absolute atomic E-state index is 0.0406. The summed E-state index contributed by atoms with van der Waals surface area (Å²) in [6.07, 6.45) is 2.89. The van der Waals surface area contributed by atoms with Gasteiger partial charge in [-0.2, -0.15) is 0 Å². The highest BCUT2D eigenvalue weighted by Gasteiger charge is 2.47. The molecule has 0 aliphatic rings. The molecule has 0 saturated carbocycles. The molecule has 0 radical (unpaired) electrons. The van der Waals surface area contributed by atoms with Gasteiger partial charge in [0.25, 0.3) is 0 Å². The van der Waals surface area contributed by atoms with Crippen molar-refractivity contribution in [3.05, 3.63) is 24.3 Å². The van der Waals surface area contributed by atoms with Crippen LogP contribution in [0.5, 0.6) is 0 Å². The van der Waals surface area contributed by atoms with E-state index >= 15 is 0 Å². The van der Waals surface area contributed by atoms with Crippen molar-refractivity contribution in [1.29, 1.82) is 0 Å². The van der Waals surface area contributed by atoms with Gasteiger partial charge in [0.15, 0.2) is 0 Å². The van der Waals surface area contributed by atoms with Crippen molar-refractivity contribution >= 4 is 24.1 Å². The van der Waals surface area contributed by atoms with E-state index in [0.29, 0.717) is 56.4 Å². The fourth-order valence-corrected chi connectivity index (χ4v) is 4.44. The van der Waals surface area contributed by atoms with Gasteiger partial charge >= 0.3 is 24.1 Å². The summed E-state index contributed by atoms with van der Waals surface area (Å²) >= 11 is 0. The second-order valence-corrected chi connectivity index (χ2v) is 10.5. The molecule has 39 heavy (non-hydrogen) atoms. The molecule has 2 unspecified atom stereocenters. The van der Waals surface area contributed by atoms with Gasteiger partial charge in [-0.25, -0.2) is 19.2 Å². The summed E-state index contributed by atoms with van der Waals surface area (Å²) in [7, 11) is 0.